The summed E-state index contributed by atoms with van der Waals surface area (Å²) in [7, 11) is 0. The highest BCUT2D eigenvalue weighted by atomic mass is 35.5. The molecule has 0 amide bonds. The number of hydrogen-bond donors (Lipinski definition) is 1. The number of halogens is 2. The van der Waals surface area contributed by atoms with Crippen molar-refractivity contribution in [2.45, 2.75) is 32.6 Å². The van der Waals surface area contributed by atoms with Crippen LogP contribution < -0.4 is 5.73 Å². The van der Waals surface area contributed by atoms with Crippen LogP contribution in [0.1, 0.15) is 43.7 Å². The molecule has 84 valence electrons. The molecule has 0 spiro atoms. The van der Waals surface area contributed by atoms with Gasteiger partial charge < -0.3 is 5.73 Å². The van der Waals surface area contributed by atoms with Crippen LogP contribution in [-0.2, 0) is 0 Å². The van der Waals surface area contributed by atoms with E-state index in [1.54, 1.807) is 6.07 Å². The summed E-state index contributed by atoms with van der Waals surface area (Å²) in [6, 6.07) is 3.55. The Morgan fingerprint density at radius 1 is 1.33 bits per heavy atom. The van der Waals surface area contributed by atoms with Crippen LogP contribution in [0.2, 0.25) is 5.02 Å². The van der Waals surface area contributed by atoms with Crippen molar-refractivity contribution in [2.75, 3.05) is 6.54 Å². The molecule has 0 heterocycles. The minimum absolute atomic E-state index is 0.00111. The maximum absolute atomic E-state index is 13.7. The molecule has 0 aliphatic carbocycles. The Kier molecular flexibility index (Phi) is 4.12. The molecule has 0 radical (unpaired) electrons. The van der Waals surface area contributed by atoms with E-state index < -0.39 is 0 Å². The van der Waals surface area contributed by atoms with Gasteiger partial charge in [0.2, 0.25) is 0 Å². The second-order valence-corrected chi connectivity index (χ2v) is 4.60. The minimum atomic E-state index is -0.334. The van der Waals surface area contributed by atoms with Crippen LogP contribution in [0, 0.1) is 5.82 Å². The fourth-order valence-electron chi connectivity index (χ4n) is 1.45. The molecule has 0 aromatic heterocycles. The van der Waals surface area contributed by atoms with E-state index in [1.807, 2.05) is 13.0 Å². The predicted octanol–water partition coefficient (Wildman–Crippen LogP) is 3.66. The summed E-state index contributed by atoms with van der Waals surface area (Å²) in [5, 5.41) is 0.191. The molecule has 0 saturated heterocycles. The van der Waals surface area contributed by atoms with Gasteiger partial charge in [-0.1, -0.05) is 38.4 Å². The van der Waals surface area contributed by atoms with Crippen LogP contribution in [0.4, 0.5) is 4.39 Å². The van der Waals surface area contributed by atoms with Gasteiger partial charge in [0.15, 0.2) is 0 Å². The van der Waals surface area contributed by atoms with Gasteiger partial charge in [-0.25, -0.2) is 4.39 Å². The van der Waals surface area contributed by atoms with Gasteiger partial charge in [0.05, 0.1) is 5.02 Å². The smallest absolute Gasteiger partial charge is 0.145 e. The highest BCUT2D eigenvalue weighted by Gasteiger charge is 2.15. The standard InChI is InChI=1S/C12H17ClFN/c1-7(2)9-4-10(8(3)6-15)12(14)11(13)5-9/h4-5,7-8H,6,15H2,1-3H3. The van der Waals surface area contributed by atoms with Crippen molar-refractivity contribution in [3.63, 3.8) is 0 Å². The van der Waals surface area contributed by atoms with Gasteiger partial charge in [-0.15, -0.1) is 0 Å². The maximum atomic E-state index is 13.7. The Hall–Kier alpha value is -0.600. The van der Waals surface area contributed by atoms with Crippen LogP contribution in [0.3, 0.4) is 0 Å². The lowest BCUT2D eigenvalue weighted by Gasteiger charge is -2.15. The number of benzene rings is 1. The first-order valence-corrected chi connectivity index (χ1v) is 5.54. The monoisotopic (exact) mass is 229 g/mol. The third-order valence-corrected chi connectivity index (χ3v) is 2.90. The molecule has 1 atom stereocenters. The second kappa shape index (κ2) is 4.95. The van der Waals surface area contributed by atoms with E-state index in [0.717, 1.165) is 5.56 Å². The Labute approximate surface area is 95.4 Å². The van der Waals surface area contributed by atoms with Crippen molar-refractivity contribution in [1.29, 1.82) is 0 Å². The molecule has 1 aromatic carbocycles. The Morgan fingerprint density at radius 2 is 1.93 bits per heavy atom. The average Bonchev–Trinajstić information content (AvgIpc) is 2.20. The van der Waals surface area contributed by atoms with Crippen molar-refractivity contribution in [2.24, 2.45) is 5.73 Å². The number of hydrogen-bond acceptors (Lipinski definition) is 1. The topological polar surface area (TPSA) is 26.0 Å². The van der Waals surface area contributed by atoms with Crippen molar-refractivity contribution >= 4 is 11.6 Å². The quantitative estimate of drug-likeness (QED) is 0.841. The summed E-state index contributed by atoms with van der Waals surface area (Å²) < 4.78 is 13.7. The molecule has 0 fully saturated rings. The molecule has 1 rings (SSSR count). The number of rotatable bonds is 3. The van der Waals surface area contributed by atoms with E-state index in [4.69, 9.17) is 17.3 Å². The van der Waals surface area contributed by atoms with Gasteiger partial charge in [-0.05, 0) is 35.6 Å². The van der Waals surface area contributed by atoms with E-state index >= 15 is 0 Å². The molecule has 15 heavy (non-hydrogen) atoms. The van der Waals surface area contributed by atoms with E-state index in [0.29, 0.717) is 18.0 Å². The van der Waals surface area contributed by atoms with E-state index in [9.17, 15) is 4.39 Å². The van der Waals surface area contributed by atoms with Crippen LogP contribution in [0.25, 0.3) is 0 Å². The summed E-state index contributed by atoms with van der Waals surface area (Å²) in [5.74, 6) is 0.00652. The molecule has 0 bridgehead atoms. The van der Waals surface area contributed by atoms with Crippen molar-refractivity contribution in [3.05, 3.63) is 34.1 Å². The summed E-state index contributed by atoms with van der Waals surface area (Å²) in [6.07, 6.45) is 0. The fourth-order valence-corrected chi connectivity index (χ4v) is 1.69. The molecule has 0 aliphatic heterocycles. The predicted molar refractivity (Wildman–Crippen MR) is 63.0 cm³/mol. The molecular weight excluding hydrogens is 213 g/mol. The largest absolute Gasteiger partial charge is 0.330 e. The summed E-state index contributed by atoms with van der Waals surface area (Å²) in [6.45, 7) is 6.44. The minimum Gasteiger partial charge on any atom is -0.330 e. The molecule has 3 heteroatoms. The highest BCUT2D eigenvalue weighted by molar-refractivity contribution is 6.30. The van der Waals surface area contributed by atoms with Crippen molar-refractivity contribution in [3.8, 4) is 0 Å². The molecule has 2 N–H and O–H groups in total. The zero-order valence-electron chi connectivity index (χ0n) is 9.35. The molecular formula is C12H17ClFN. The van der Waals surface area contributed by atoms with Crippen molar-refractivity contribution in [1.82, 2.24) is 0 Å². The van der Waals surface area contributed by atoms with Crippen molar-refractivity contribution < 1.29 is 4.39 Å². The van der Waals surface area contributed by atoms with Crippen LogP contribution >= 0.6 is 11.6 Å². The first-order chi connectivity index (χ1) is 6.97. The lowest BCUT2D eigenvalue weighted by Crippen LogP contribution is -2.11. The van der Waals surface area contributed by atoms with Gasteiger partial charge >= 0.3 is 0 Å². The van der Waals surface area contributed by atoms with E-state index in [2.05, 4.69) is 13.8 Å². The van der Waals surface area contributed by atoms with E-state index in [1.165, 1.54) is 0 Å². The zero-order valence-corrected chi connectivity index (χ0v) is 10.1. The van der Waals surface area contributed by atoms with Gasteiger partial charge in [0.1, 0.15) is 5.82 Å². The second-order valence-electron chi connectivity index (χ2n) is 4.20. The molecule has 0 saturated carbocycles. The Bertz CT molecular complexity index is 350. The fraction of sp³-hybridized carbons (Fsp3) is 0.500. The summed E-state index contributed by atoms with van der Waals surface area (Å²) in [5.41, 5.74) is 7.21. The van der Waals surface area contributed by atoms with Gasteiger partial charge in [0, 0.05) is 0 Å². The summed E-state index contributed by atoms with van der Waals surface area (Å²) >= 11 is 5.85. The maximum Gasteiger partial charge on any atom is 0.145 e. The lowest BCUT2D eigenvalue weighted by molar-refractivity contribution is 0.589. The van der Waals surface area contributed by atoms with Crippen LogP contribution in [0.15, 0.2) is 12.1 Å². The third-order valence-electron chi connectivity index (χ3n) is 2.63. The molecule has 1 aromatic rings. The first-order valence-electron chi connectivity index (χ1n) is 5.16. The zero-order chi connectivity index (χ0) is 11.6. The average molecular weight is 230 g/mol. The highest BCUT2D eigenvalue weighted by Crippen LogP contribution is 2.29. The SMILES string of the molecule is CC(C)c1cc(Cl)c(F)c(C(C)CN)c1. The molecule has 1 unspecified atom stereocenters. The Balaban J connectivity index is 3.25. The van der Waals surface area contributed by atoms with Gasteiger partial charge in [0.25, 0.3) is 0 Å². The number of nitrogens with two attached hydrogens (primary N) is 1. The summed E-state index contributed by atoms with van der Waals surface area (Å²) in [4.78, 5) is 0. The first kappa shape index (κ1) is 12.5. The van der Waals surface area contributed by atoms with Gasteiger partial charge in [-0.3, -0.25) is 0 Å². The van der Waals surface area contributed by atoms with E-state index in [-0.39, 0.29) is 16.8 Å². The van der Waals surface area contributed by atoms with Crippen LogP contribution in [0.5, 0.6) is 0 Å². The normalized spacial score (nSPS) is 13.3. The third kappa shape index (κ3) is 2.70. The van der Waals surface area contributed by atoms with Gasteiger partial charge in [-0.2, -0.15) is 0 Å². The molecule has 0 aliphatic rings. The molecule has 1 nitrogen and oxygen atoms in total. The Morgan fingerprint density at radius 3 is 2.40 bits per heavy atom. The van der Waals surface area contributed by atoms with Crippen LogP contribution in [-0.4, -0.2) is 6.54 Å². The lowest BCUT2D eigenvalue weighted by atomic mass is 9.94.